The predicted molar refractivity (Wildman–Crippen MR) is 41.3 cm³/mol. The van der Waals surface area contributed by atoms with Crippen LogP contribution in [0.1, 0.15) is 27.2 Å². The monoisotopic (exact) mass is 198 g/mol. The number of hydrogen-bond acceptors (Lipinski definition) is 1. The van der Waals surface area contributed by atoms with Crippen LogP contribution in [0.25, 0.3) is 0 Å². The molecule has 5 heteroatoms. The van der Waals surface area contributed by atoms with Gasteiger partial charge < -0.3 is 5.11 Å². The van der Waals surface area contributed by atoms with Crippen molar-refractivity contribution >= 4 is 5.97 Å². The molecule has 1 N–H and O–H groups in total. The number of rotatable bonds is 3. The van der Waals surface area contributed by atoms with Crippen LogP contribution in [-0.2, 0) is 4.79 Å². The summed E-state index contributed by atoms with van der Waals surface area (Å²) >= 11 is 0. The molecule has 13 heavy (non-hydrogen) atoms. The van der Waals surface area contributed by atoms with Gasteiger partial charge in [-0.15, -0.1) is 0 Å². The number of carbonyl (C=O) groups is 1. The Hall–Kier alpha value is -0.740. The van der Waals surface area contributed by atoms with Crippen molar-refractivity contribution < 1.29 is 23.1 Å². The van der Waals surface area contributed by atoms with Crippen molar-refractivity contribution in [2.45, 2.75) is 33.4 Å². The lowest BCUT2D eigenvalue weighted by Crippen LogP contribution is -2.41. The molecule has 0 aromatic heterocycles. The first-order valence-electron chi connectivity index (χ1n) is 3.94. The summed E-state index contributed by atoms with van der Waals surface area (Å²) < 4.78 is 36.9. The Morgan fingerprint density at radius 3 is 1.85 bits per heavy atom. The summed E-state index contributed by atoms with van der Waals surface area (Å²) in [4.78, 5) is 10.6. The Morgan fingerprint density at radius 2 is 1.77 bits per heavy atom. The molecule has 1 atom stereocenters. The summed E-state index contributed by atoms with van der Waals surface area (Å²) in [6.07, 6.45) is -4.67. The summed E-state index contributed by atoms with van der Waals surface area (Å²) in [5, 5.41) is 8.61. The minimum absolute atomic E-state index is 0.219. The number of halogens is 3. The molecule has 0 bridgehead atoms. The van der Waals surface area contributed by atoms with Crippen molar-refractivity contribution in [2.24, 2.45) is 11.3 Å². The summed E-state index contributed by atoms with van der Waals surface area (Å²) in [5.74, 6) is -3.21. The lowest BCUT2D eigenvalue weighted by Gasteiger charge is -2.31. The van der Waals surface area contributed by atoms with E-state index in [4.69, 9.17) is 5.11 Å². The zero-order valence-electron chi connectivity index (χ0n) is 7.77. The molecule has 0 aliphatic heterocycles. The highest BCUT2D eigenvalue weighted by atomic mass is 19.4. The van der Waals surface area contributed by atoms with Gasteiger partial charge in [0.1, 0.15) is 0 Å². The SMILES string of the molecule is CCC(C(F)(F)F)C(C)(C)C(=O)O. The van der Waals surface area contributed by atoms with Crippen LogP contribution in [0.3, 0.4) is 0 Å². The summed E-state index contributed by atoms with van der Waals surface area (Å²) in [6.45, 7) is 3.52. The number of carboxylic acid groups (broad SMARTS) is 1. The maximum Gasteiger partial charge on any atom is 0.392 e. The molecule has 0 amide bonds. The largest absolute Gasteiger partial charge is 0.481 e. The van der Waals surface area contributed by atoms with E-state index >= 15 is 0 Å². The van der Waals surface area contributed by atoms with Crippen molar-refractivity contribution in [1.82, 2.24) is 0 Å². The Morgan fingerprint density at radius 1 is 1.38 bits per heavy atom. The van der Waals surface area contributed by atoms with Crippen LogP contribution in [0.15, 0.2) is 0 Å². The van der Waals surface area contributed by atoms with Crippen LogP contribution >= 0.6 is 0 Å². The number of carboxylic acids is 1. The number of aliphatic carboxylic acids is 1. The average Bonchev–Trinajstić information content (AvgIpc) is 1.83. The van der Waals surface area contributed by atoms with Gasteiger partial charge in [0.2, 0.25) is 0 Å². The number of hydrogen-bond donors (Lipinski definition) is 1. The third-order valence-electron chi connectivity index (χ3n) is 2.23. The van der Waals surface area contributed by atoms with Gasteiger partial charge in [-0.1, -0.05) is 6.92 Å². The van der Waals surface area contributed by atoms with Crippen LogP contribution in [-0.4, -0.2) is 17.3 Å². The van der Waals surface area contributed by atoms with Gasteiger partial charge in [0, 0.05) is 0 Å². The first-order valence-corrected chi connectivity index (χ1v) is 3.94. The highest BCUT2D eigenvalue weighted by Gasteiger charge is 2.51. The maximum absolute atomic E-state index is 12.3. The Bertz CT molecular complexity index is 196. The second kappa shape index (κ2) is 3.55. The summed E-state index contributed by atoms with van der Waals surface area (Å²) in [7, 11) is 0. The summed E-state index contributed by atoms with van der Waals surface area (Å²) in [6, 6.07) is 0. The van der Waals surface area contributed by atoms with Gasteiger partial charge in [-0.05, 0) is 20.3 Å². The van der Waals surface area contributed by atoms with E-state index in [0.717, 1.165) is 13.8 Å². The van der Waals surface area contributed by atoms with Gasteiger partial charge in [0.15, 0.2) is 0 Å². The van der Waals surface area contributed by atoms with E-state index in [2.05, 4.69) is 0 Å². The molecule has 0 heterocycles. The fourth-order valence-electron chi connectivity index (χ4n) is 1.30. The minimum atomic E-state index is -4.45. The van der Waals surface area contributed by atoms with Crippen LogP contribution in [0, 0.1) is 11.3 Å². The first kappa shape index (κ1) is 12.3. The normalized spacial score (nSPS) is 15.5. The Balaban J connectivity index is 4.88. The van der Waals surface area contributed by atoms with Crippen molar-refractivity contribution in [2.75, 3.05) is 0 Å². The molecule has 0 saturated carbocycles. The molecule has 0 aromatic carbocycles. The molecule has 0 rings (SSSR count). The molecule has 2 nitrogen and oxygen atoms in total. The Labute approximate surface area is 74.7 Å². The van der Waals surface area contributed by atoms with Crippen LogP contribution in [0.2, 0.25) is 0 Å². The topological polar surface area (TPSA) is 37.3 Å². The van der Waals surface area contributed by atoms with Crippen molar-refractivity contribution in [3.8, 4) is 0 Å². The smallest absolute Gasteiger partial charge is 0.392 e. The van der Waals surface area contributed by atoms with Gasteiger partial charge in [-0.2, -0.15) is 13.2 Å². The zero-order valence-corrected chi connectivity index (χ0v) is 7.77. The van der Waals surface area contributed by atoms with Gasteiger partial charge >= 0.3 is 12.1 Å². The van der Waals surface area contributed by atoms with Gasteiger partial charge in [0.05, 0.1) is 11.3 Å². The van der Waals surface area contributed by atoms with E-state index in [1.54, 1.807) is 0 Å². The molecule has 0 aliphatic carbocycles. The quantitative estimate of drug-likeness (QED) is 0.756. The highest BCUT2D eigenvalue weighted by Crippen LogP contribution is 2.41. The third-order valence-corrected chi connectivity index (χ3v) is 2.23. The molecule has 0 saturated heterocycles. The van der Waals surface area contributed by atoms with E-state index in [1.807, 2.05) is 0 Å². The average molecular weight is 198 g/mol. The van der Waals surface area contributed by atoms with E-state index in [1.165, 1.54) is 6.92 Å². The second-order valence-electron chi connectivity index (χ2n) is 3.53. The molecule has 0 spiro atoms. The van der Waals surface area contributed by atoms with E-state index in [0.29, 0.717) is 0 Å². The van der Waals surface area contributed by atoms with Gasteiger partial charge in [-0.25, -0.2) is 0 Å². The zero-order chi connectivity index (χ0) is 10.9. The molecular weight excluding hydrogens is 185 g/mol. The van der Waals surface area contributed by atoms with Crippen molar-refractivity contribution in [1.29, 1.82) is 0 Å². The van der Waals surface area contributed by atoms with E-state index < -0.39 is 23.5 Å². The van der Waals surface area contributed by atoms with Crippen LogP contribution < -0.4 is 0 Å². The van der Waals surface area contributed by atoms with Crippen LogP contribution in [0.4, 0.5) is 13.2 Å². The van der Waals surface area contributed by atoms with E-state index in [-0.39, 0.29) is 6.42 Å². The molecular formula is C8H13F3O2. The van der Waals surface area contributed by atoms with Crippen LogP contribution in [0.5, 0.6) is 0 Å². The lowest BCUT2D eigenvalue weighted by molar-refractivity contribution is -0.211. The van der Waals surface area contributed by atoms with Gasteiger partial charge in [0.25, 0.3) is 0 Å². The molecule has 0 aromatic rings. The Kier molecular flexibility index (Phi) is 3.35. The molecule has 0 aliphatic rings. The predicted octanol–water partition coefficient (Wildman–Crippen LogP) is 2.69. The molecule has 78 valence electrons. The summed E-state index contributed by atoms with van der Waals surface area (Å²) in [5.41, 5.74) is -1.76. The maximum atomic E-state index is 12.3. The molecule has 0 fully saturated rings. The number of alkyl halides is 3. The standard InChI is InChI=1S/C8H13F3O2/c1-4-5(8(9,10)11)7(2,3)6(12)13/h5H,4H2,1-3H3,(H,12,13). The first-order chi connectivity index (χ1) is 5.64. The molecule has 0 radical (unpaired) electrons. The lowest BCUT2D eigenvalue weighted by atomic mass is 9.77. The minimum Gasteiger partial charge on any atom is -0.481 e. The second-order valence-corrected chi connectivity index (χ2v) is 3.53. The fraction of sp³-hybridized carbons (Fsp3) is 0.875. The molecule has 1 unspecified atom stereocenters. The highest BCUT2D eigenvalue weighted by molar-refractivity contribution is 5.74. The van der Waals surface area contributed by atoms with Gasteiger partial charge in [-0.3, -0.25) is 4.79 Å². The fourth-order valence-corrected chi connectivity index (χ4v) is 1.30. The van der Waals surface area contributed by atoms with Crippen molar-refractivity contribution in [3.63, 3.8) is 0 Å². The third kappa shape index (κ3) is 2.60. The van der Waals surface area contributed by atoms with E-state index in [9.17, 15) is 18.0 Å². The van der Waals surface area contributed by atoms with Crippen molar-refractivity contribution in [3.05, 3.63) is 0 Å².